The molecule has 3 aliphatic heterocycles. The number of benzene rings is 2. The first kappa shape index (κ1) is 26.9. The molecule has 0 aliphatic carbocycles. The molecule has 2 atom stereocenters. The van der Waals surface area contributed by atoms with Crippen LogP contribution >= 0.6 is 11.6 Å². The number of halogens is 2. The molecule has 2 aromatic heterocycles. The molecule has 3 aliphatic rings. The largest absolute Gasteiger partial charge is 0.451 e. The Labute approximate surface area is 246 Å². The van der Waals surface area contributed by atoms with E-state index in [-0.39, 0.29) is 28.3 Å². The minimum atomic E-state index is -0.583. The molecular formula is C31H30ClFN6O3. The number of carbonyl (C=O) groups excluding carboxylic acids is 1. The van der Waals surface area contributed by atoms with Crippen molar-refractivity contribution in [2.24, 2.45) is 0 Å². The number of nitrogens with one attached hydrogen (secondary N) is 1. The van der Waals surface area contributed by atoms with Crippen LogP contribution < -0.4 is 20.4 Å². The lowest BCUT2D eigenvalue weighted by Crippen LogP contribution is -2.34. The third-order valence-electron chi connectivity index (χ3n) is 8.75. The first-order chi connectivity index (χ1) is 20.4. The van der Waals surface area contributed by atoms with E-state index in [1.165, 1.54) is 12.3 Å². The molecule has 1 N–H and O–H groups in total. The highest BCUT2D eigenvalue weighted by Gasteiger charge is 2.34. The average Bonchev–Trinajstić information content (AvgIpc) is 3.64. The standard InChI is InChI=1S/C31H30ClFN6O3/c1-37-11-2-3-20(37)6-8-36-31(41)22-17-39-25-13-19(32)4-5-26(25)42-30-27(39)21(29(22)40)14-23(33)28(30)38-12-7-18(16-38)24-15-34-9-10-35-24/h4-5,9-10,13-15,17-18,20H,2-3,6-8,11-12,16H2,1H3,(H,36,41). The maximum Gasteiger partial charge on any atom is 0.256 e. The molecule has 2 saturated heterocycles. The molecule has 0 bridgehead atoms. The van der Waals surface area contributed by atoms with E-state index in [9.17, 15) is 9.59 Å². The molecule has 4 aromatic rings. The first-order valence-corrected chi connectivity index (χ1v) is 14.7. The summed E-state index contributed by atoms with van der Waals surface area (Å²) in [7, 11) is 2.09. The normalized spacial score (nSPS) is 19.6. The number of pyridine rings is 1. The predicted octanol–water partition coefficient (Wildman–Crippen LogP) is 4.89. The van der Waals surface area contributed by atoms with E-state index in [1.54, 1.807) is 41.4 Å². The van der Waals surface area contributed by atoms with Crippen LogP contribution in [0.5, 0.6) is 11.5 Å². The highest BCUT2D eigenvalue weighted by molar-refractivity contribution is 6.30. The number of likely N-dealkylation sites (tertiary alicyclic amines) is 1. The van der Waals surface area contributed by atoms with Gasteiger partial charge in [0.1, 0.15) is 16.8 Å². The number of rotatable bonds is 6. The molecule has 5 heterocycles. The van der Waals surface area contributed by atoms with Crippen LogP contribution in [0.15, 0.2) is 53.8 Å². The molecule has 0 saturated carbocycles. The number of anilines is 1. The number of amides is 1. The second-order valence-corrected chi connectivity index (χ2v) is 11.7. The summed E-state index contributed by atoms with van der Waals surface area (Å²) in [4.78, 5) is 39.9. The van der Waals surface area contributed by atoms with E-state index < -0.39 is 17.2 Å². The number of hydrogen-bond acceptors (Lipinski definition) is 7. The van der Waals surface area contributed by atoms with Crippen molar-refractivity contribution in [2.75, 3.05) is 38.1 Å². The maximum atomic E-state index is 16.0. The van der Waals surface area contributed by atoms with E-state index in [4.69, 9.17) is 16.3 Å². The Hall–Kier alpha value is -4.02. The number of carbonyl (C=O) groups is 1. The molecule has 11 heteroatoms. The zero-order valence-corrected chi connectivity index (χ0v) is 23.9. The summed E-state index contributed by atoms with van der Waals surface area (Å²) in [5.74, 6) is -0.302. The summed E-state index contributed by atoms with van der Waals surface area (Å²) in [6, 6.07) is 6.75. The van der Waals surface area contributed by atoms with E-state index in [0.29, 0.717) is 47.7 Å². The molecule has 1 amide bonds. The molecule has 0 radical (unpaired) electrons. The first-order valence-electron chi connectivity index (χ1n) is 14.3. The van der Waals surface area contributed by atoms with Crippen molar-refractivity contribution < 1.29 is 13.9 Å². The topological polar surface area (TPSA) is 92.6 Å². The van der Waals surface area contributed by atoms with Gasteiger partial charge in [0.2, 0.25) is 5.43 Å². The molecule has 0 spiro atoms. The summed E-state index contributed by atoms with van der Waals surface area (Å²) in [6.07, 6.45) is 10.3. The number of nitrogens with zero attached hydrogens (tertiary/aromatic N) is 5. The van der Waals surface area contributed by atoms with Crippen LogP contribution in [0.25, 0.3) is 16.6 Å². The fourth-order valence-electron chi connectivity index (χ4n) is 6.55. The summed E-state index contributed by atoms with van der Waals surface area (Å²) < 4.78 is 24.1. The minimum Gasteiger partial charge on any atom is -0.451 e. The van der Waals surface area contributed by atoms with E-state index >= 15 is 4.39 Å². The lowest BCUT2D eigenvalue weighted by atomic mass is 10.0. The smallest absolute Gasteiger partial charge is 0.256 e. The van der Waals surface area contributed by atoms with Gasteiger partial charge < -0.3 is 24.4 Å². The monoisotopic (exact) mass is 588 g/mol. The van der Waals surface area contributed by atoms with Crippen LogP contribution in [-0.2, 0) is 0 Å². The van der Waals surface area contributed by atoms with Crippen molar-refractivity contribution in [1.29, 1.82) is 0 Å². The van der Waals surface area contributed by atoms with Crippen molar-refractivity contribution in [3.8, 4) is 17.2 Å². The number of hydrogen-bond donors (Lipinski definition) is 1. The van der Waals surface area contributed by atoms with Crippen molar-refractivity contribution >= 4 is 34.1 Å². The average molecular weight is 589 g/mol. The molecule has 2 fully saturated rings. The number of ether oxygens (including phenoxy) is 1. The van der Waals surface area contributed by atoms with E-state index in [0.717, 1.165) is 37.9 Å². The van der Waals surface area contributed by atoms with Gasteiger partial charge in [-0.1, -0.05) is 11.6 Å². The van der Waals surface area contributed by atoms with Gasteiger partial charge in [0.25, 0.3) is 5.91 Å². The van der Waals surface area contributed by atoms with Gasteiger partial charge in [0, 0.05) is 61.4 Å². The van der Waals surface area contributed by atoms with E-state index in [1.807, 2.05) is 4.90 Å². The zero-order valence-electron chi connectivity index (χ0n) is 23.1. The van der Waals surface area contributed by atoms with Crippen molar-refractivity contribution in [3.05, 3.63) is 81.4 Å². The highest BCUT2D eigenvalue weighted by Crippen LogP contribution is 2.48. The Bertz CT molecular complexity index is 1760. The summed E-state index contributed by atoms with van der Waals surface area (Å²) >= 11 is 6.36. The van der Waals surface area contributed by atoms with Crippen LogP contribution in [0.2, 0.25) is 5.02 Å². The predicted molar refractivity (Wildman–Crippen MR) is 159 cm³/mol. The van der Waals surface area contributed by atoms with Gasteiger partial charge in [0.15, 0.2) is 17.3 Å². The van der Waals surface area contributed by atoms with Gasteiger partial charge >= 0.3 is 0 Å². The van der Waals surface area contributed by atoms with Gasteiger partial charge in [-0.25, -0.2) is 4.39 Å². The van der Waals surface area contributed by atoms with Crippen molar-refractivity contribution in [3.63, 3.8) is 0 Å². The second kappa shape index (κ2) is 10.7. The van der Waals surface area contributed by atoms with Crippen LogP contribution in [-0.4, -0.2) is 64.6 Å². The molecule has 7 rings (SSSR count). The van der Waals surface area contributed by atoms with Crippen LogP contribution in [0, 0.1) is 5.82 Å². The summed E-state index contributed by atoms with van der Waals surface area (Å²) in [6.45, 7) is 2.59. The Morgan fingerprint density at radius 3 is 2.88 bits per heavy atom. The Morgan fingerprint density at radius 2 is 2.10 bits per heavy atom. The van der Waals surface area contributed by atoms with Gasteiger partial charge in [-0.2, -0.15) is 0 Å². The summed E-state index contributed by atoms with van der Waals surface area (Å²) in [5.41, 5.74) is 1.49. The third-order valence-corrected chi connectivity index (χ3v) is 8.98. The summed E-state index contributed by atoms with van der Waals surface area (Å²) in [5, 5.41) is 3.45. The lowest BCUT2D eigenvalue weighted by Gasteiger charge is -2.29. The Kier molecular flexibility index (Phi) is 6.82. The number of aromatic nitrogens is 3. The molecule has 42 heavy (non-hydrogen) atoms. The number of fused-ring (bicyclic) bond motifs is 2. The lowest BCUT2D eigenvalue weighted by molar-refractivity contribution is 0.0949. The quantitative estimate of drug-likeness (QED) is 0.302. The van der Waals surface area contributed by atoms with Crippen LogP contribution in [0.4, 0.5) is 10.1 Å². The fourth-order valence-corrected chi connectivity index (χ4v) is 6.72. The van der Waals surface area contributed by atoms with Crippen molar-refractivity contribution in [1.82, 2.24) is 24.8 Å². The second-order valence-electron chi connectivity index (χ2n) is 11.3. The zero-order chi connectivity index (χ0) is 29.0. The third kappa shape index (κ3) is 4.59. The molecule has 216 valence electrons. The Balaban J connectivity index is 1.30. The van der Waals surface area contributed by atoms with Crippen LogP contribution in [0.3, 0.4) is 0 Å². The Morgan fingerprint density at radius 1 is 1.21 bits per heavy atom. The maximum absolute atomic E-state index is 16.0. The SMILES string of the molecule is CN1CCCC1CCNC(=O)c1cn2c3c(c(N4CCC(c5cnccn5)C4)c(F)cc3c1=O)Oc1ccc(Cl)cc1-2. The van der Waals surface area contributed by atoms with E-state index in [2.05, 4.69) is 27.2 Å². The fraction of sp³-hybridized carbons (Fsp3) is 0.355. The van der Waals surface area contributed by atoms with Crippen molar-refractivity contribution in [2.45, 2.75) is 37.6 Å². The van der Waals surface area contributed by atoms with Gasteiger partial charge in [0.05, 0.1) is 16.8 Å². The highest BCUT2D eigenvalue weighted by atomic mass is 35.5. The molecular weight excluding hydrogens is 559 g/mol. The molecule has 2 unspecified atom stereocenters. The van der Waals surface area contributed by atoms with Gasteiger partial charge in [-0.15, -0.1) is 0 Å². The molecule has 2 aromatic carbocycles. The van der Waals surface area contributed by atoms with Crippen LogP contribution in [0.1, 0.15) is 47.7 Å². The van der Waals surface area contributed by atoms with Gasteiger partial charge in [-0.3, -0.25) is 19.6 Å². The minimum absolute atomic E-state index is 0.0582. The molecule has 9 nitrogen and oxygen atoms in total. The van der Waals surface area contributed by atoms with Gasteiger partial charge in [-0.05, 0) is 63.5 Å².